The quantitative estimate of drug-likeness (QED) is 0.529. The summed E-state index contributed by atoms with van der Waals surface area (Å²) in [5, 5.41) is 0. The second-order valence-corrected chi connectivity index (χ2v) is 3.46. The first-order valence-electron chi connectivity index (χ1n) is 2.28. The zero-order chi connectivity index (χ0) is 7.72. The predicted octanol–water partition coefficient (Wildman–Crippen LogP) is 2.73. The molecule has 0 radical (unpaired) electrons. The predicted molar refractivity (Wildman–Crippen MR) is 44.6 cm³/mol. The van der Waals surface area contributed by atoms with Gasteiger partial charge in [-0.25, -0.2) is 9.37 Å². The van der Waals surface area contributed by atoms with Crippen molar-refractivity contribution in [2.45, 2.75) is 0 Å². The Balaban J connectivity index is 3.34. The zero-order valence-electron chi connectivity index (χ0n) is 4.54. The first kappa shape index (κ1) is 8.32. The molecule has 0 fully saturated rings. The van der Waals surface area contributed by atoms with E-state index < -0.39 is 11.8 Å². The number of hydrogen-bond donors (Lipinski definition) is 0. The number of halogens is 4. The van der Waals surface area contributed by atoms with Crippen molar-refractivity contribution >= 4 is 38.5 Å². The molecular weight excluding hydrogens is 319 g/mol. The largest absolute Gasteiger partial charge is 0.250 e. The highest BCUT2D eigenvalue weighted by Gasteiger charge is 2.09. The van der Waals surface area contributed by atoms with Gasteiger partial charge in [-0.3, -0.25) is 0 Å². The zero-order valence-corrected chi connectivity index (χ0v) is 8.28. The van der Waals surface area contributed by atoms with Crippen molar-refractivity contribution in [3.63, 3.8) is 0 Å². The molecule has 0 N–H and O–H groups in total. The Hall–Kier alpha value is 0.220. The van der Waals surface area contributed by atoms with E-state index in [9.17, 15) is 8.78 Å². The lowest BCUT2D eigenvalue weighted by atomic mass is 10.5. The summed E-state index contributed by atoms with van der Waals surface area (Å²) in [4.78, 5) is 3.15. The Bertz CT molecular complexity index is 239. The minimum absolute atomic E-state index is 0.213. The minimum Gasteiger partial charge on any atom is -0.224 e. The Morgan fingerprint density at radius 2 is 2.10 bits per heavy atom. The van der Waals surface area contributed by atoms with Crippen LogP contribution in [0, 0.1) is 15.3 Å². The molecule has 0 spiro atoms. The van der Waals surface area contributed by atoms with Crippen molar-refractivity contribution in [3.05, 3.63) is 26.0 Å². The molecule has 1 rings (SSSR count). The molecule has 0 bridgehead atoms. The topological polar surface area (TPSA) is 12.9 Å². The van der Waals surface area contributed by atoms with E-state index in [0.29, 0.717) is 4.47 Å². The van der Waals surface area contributed by atoms with Crippen LogP contribution >= 0.6 is 38.5 Å². The van der Waals surface area contributed by atoms with Gasteiger partial charge in [-0.15, -0.1) is 0 Å². The highest BCUT2D eigenvalue weighted by Crippen LogP contribution is 2.21. The average molecular weight is 320 g/mol. The van der Waals surface area contributed by atoms with Gasteiger partial charge >= 0.3 is 0 Å². The molecule has 1 aromatic heterocycles. The molecule has 0 amide bonds. The molecule has 0 saturated heterocycles. The molecule has 0 unspecified atom stereocenters. The van der Waals surface area contributed by atoms with E-state index >= 15 is 0 Å². The van der Waals surface area contributed by atoms with Crippen LogP contribution in [-0.4, -0.2) is 4.98 Å². The molecule has 0 saturated carbocycles. The van der Waals surface area contributed by atoms with Gasteiger partial charge in [0.25, 0.3) is 0 Å². The van der Waals surface area contributed by atoms with Gasteiger partial charge in [-0.2, -0.15) is 4.39 Å². The third kappa shape index (κ3) is 1.45. The van der Waals surface area contributed by atoms with Crippen LogP contribution in [0.1, 0.15) is 0 Å². The lowest BCUT2D eigenvalue weighted by molar-refractivity contribution is 0.473. The number of hydrogen-bond acceptors (Lipinski definition) is 1. The summed E-state index contributed by atoms with van der Waals surface area (Å²) < 4.78 is 25.4. The molecule has 1 aromatic rings. The molecular formula is C5HBrF2IN. The fourth-order valence-electron chi connectivity index (χ4n) is 0.422. The second-order valence-electron chi connectivity index (χ2n) is 1.52. The maximum Gasteiger partial charge on any atom is 0.250 e. The lowest BCUT2D eigenvalue weighted by Gasteiger charge is -1.95. The summed E-state index contributed by atoms with van der Waals surface area (Å²) in [5.41, 5.74) is 0. The molecule has 0 atom stereocenters. The van der Waals surface area contributed by atoms with Gasteiger partial charge in [0.05, 0.1) is 8.04 Å². The third-order valence-corrected chi connectivity index (χ3v) is 3.27. The van der Waals surface area contributed by atoms with Gasteiger partial charge in [0.2, 0.25) is 5.95 Å². The van der Waals surface area contributed by atoms with Crippen LogP contribution in [0.4, 0.5) is 8.78 Å². The maximum absolute atomic E-state index is 12.5. The Morgan fingerprint density at radius 1 is 1.50 bits per heavy atom. The first-order chi connectivity index (χ1) is 4.63. The van der Waals surface area contributed by atoms with E-state index in [1.807, 2.05) is 0 Å². The monoisotopic (exact) mass is 319 g/mol. The van der Waals surface area contributed by atoms with Crippen LogP contribution in [0.5, 0.6) is 0 Å². The van der Waals surface area contributed by atoms with Crippen LogP contribution in [0.25, 0.3) is 0 Å². The molecule has 1 nitrogen and oxygen atoms in total. The lowest BCUT2D eigenvalue weighted by Crippen LogP contribution is -1.92. The normalized spacial score (nSPS) is 10.0. The third-order valence-electron chi connectivity index (χ3n) is 0.875. The molecule has 1 heterocycles. The number of aromatic nitrogens is 1. The first-order valence-corrected chi connectivity index (χ1v) is 4.15. The number of rotatable bonds is 0. The second kappa shape index (κ2) is 3.08. The fraction of sp³-hybridized carbons (Fsp3) is 0. The molecule has 0 aliphatic heterocycles. The summed E-state index contributed by atoms with van der Waals surface area (Å²) in [6.07, 6.45) is 1.22. The Kier molecular flexibility index (Phi) is 2.56. The van der Waals surface area contributed by atoms with Crippen molar-refractivity contribution in [2.24, 2.45) is 0 Å². The van der Waals surface area contributed by atoms with E-state index in [-0.39, 0.29) is 3.57 Å². The summed E-state index contributed by atoms with van der Waals surface area (Å²) in [7, 11) is 0. The molecule has 5 heteroatoms. The maximum atomic E-state index is 12.5. The number of pyridine rings is 1. The Labute approximate surface area is 78.1 Å². The SMILES string of the molecule is Fc1ncc(Br)c(I)c1F. The molecule has 0 aromatic carbocycles. The van der Waals surface area contributed by atoms with Gasteiger partial charge in [0.1, 0.15) is 0 Å². The van der Waals surface area contributed by atoms with Crippen LogP contribution in [0.15, 0.2) is 10.7 Å². The average Bonchev–Trinajstić information content (AvgIpc) is 1.93. The summed E-state index contributed by atoms with van der Waals surface area (Å²) in [6.45, 7) is 0. The van der Waals surface area contributed by atoms with E-state index in [2.05, 4.69) is 20.9 Å². The Morgan fingerprint density at radius 3 is 2.60 bits per heavy atom. The minimum atomic E-state index is -1.06. The van der Waals surface area contributed by atoms with Gasteiger partial charge in [0.15, 0.2) is 5.82 Å². The van der Waals surface area contributed by atoms with E-state index in [1.54, 1.807) is 22.6 Å². The van der Waals surface area contributed by atoms with Crippen molar-refractivity contribution in [1.29, 1.82) is 0 Å². The van der Waals surface area contributed by atoms with Gasteiger partial charge in [0, 0.05) is 6.20 Å². The van der Waals surface area contributed by atoms with Crippen LogP contribution in [0.3, 0.4) is 0 Å². The van der Waals surface area contributed by atoms with Gasteiger partial charge in [-0.05, 0) is 38.5 Å². The molecule has 10 heavy (non-hydrogen) atoms. The molecule has 0 aliphatic carbocycles. The fourth-order valence-corrected chi connectivity index (χ4v) is 1.06. The van der Waals surface area contributed by atoms with Crippen LogP contribution in [-0.2, 0) is 0 Å². The van der Waals surface area contributed by atoms with Crippen LogP contribution in [0.2, 0.25) is 0 Å². The smallest absolute Gasteiger partial charge is 0.224 e. The standard InChI is InChI=1S/C5HBrF2IN/c6-2-1-10-5(8)3(7)4(2)9/h1H. The van der Waals surface area contributed by atoms with Gasteiger partial charge in [-0.1, -0.05) is 0 Å². The van der Waals surface area contributed by atoms with Crippen LogP contribution < -0.4 is 0 Å². The van der Waals surface area contributed by atoms with E-state index in [1.165, 1.54) is 6.20 Å². The van der Waals surface area contributed by atoms with E-state index in [0.717, 1.165) is 0 Å². The van der Waals surface area contributed by atoms with Crippen molar-refractivity contribution in [2.75, 3.05) is 0 Å². The summed E-state index contributed by atoms with van der Waals surface area (Å²) in [6, 6.07) is 0. The van der Waals surface area contributed by atoms with Crippen molar-refractivity contribution in [1.82, 2.24) is 4.98 Å². The van der Waals surface area contributed by atoms with E-state index in [4.69, 9.17) is 0 Å². The summed E-state index contributed by atoms with van der Waals surface area (Å²) in [5.74, 6) is -1.97. The molecule has 54 valence electrons. The van der Waals surface area contributed by atoms with Crippen molar-refractivity contribution in [3.8, 4) is 0 Å². The highest BCUT2D eigenvalue weighted by molar-refractivity contribution is 14.1. The highest BCUT2D eigenvalue weighted by atomic mass is 127. The summed E-state index contributed by atoms with van der Waals surface area (Å²) >= 11 is 4.70. The van der Waals surface area contributed by atoms with Gasteiger partial charge < -0.3 is 0 Å². The van der Waals surface area contributed by atoms with Crippen molar-refractivity contribution < 1.29 is 8.78 Å². The molecule has 0 aliphatic rings. The number of nitrogens with zero attached hydrogens (tertiary/aromatic N) is 1.